The van der Waals surface area contributed by atoms with Crippen molar-refractivity contribution in [1.82, 2.24) is 24.4 Å². The average Bonchev–Trinajstić information content (AvgIpc) is 3.28. The highest BCUT2D eigenvalue weighted by Crippen LogP contribution is 2.17. The summed E-state index contributed by atoms with van der Waals surface area (Å²) in [5.74, 6) is 0.395. The van der Waals surface area contributed by atoms with Crippen molar-refractivity contribution < 1.29 is 18.7 Å². The number of furan rings is 1. The number of carbonyl (C=O) groups excluding carboxylic acids is 2. The average molecular weight is 411 g/mol. The maximum Gasteiger partial charge on any atom is 0.373 e. The molecule has 0 radical (unpaired) electrons. The van der Waals surface area contributed by atoms with Gasteiger partial charge in [0.2, 0.25) is 5.76 Å². The molecule has 1 aliphatic heterocycles. The summed E-state index contributed by atoms with van der Waals surface area (Å²) in [6.45, 7) is 7.23. The number of ether oxygens (including phenoxy) is 1. The molecule has 0 N–H and O–H groups in total. The number of aryl methyl sites for hydroxylation is 2. The Hall–Kier alpha value is -3.20. The predicted molar refractivity (Wildman–Crippen MR) is 108 cm³/mol. The lowest BCUT2D eigenvalue weighted by Crippen LogP contribution is -2.35. The Morgan fingerprint density at radius 3 is 2.80 bits per heavy atom. The Morgan fingerprint density at radius 1 is 1.17 bits per heavy atom. The number of hydrogen-bond acceptors (Lipinski definition) is 7. The smallest absolute Gasteiger partial charge is 0.373 e. The second-order valence-electron chi connectivity index (χ2n) is 7.49. The van der Waals surface area contributed by atoms with Gasteiger partial charge >= 0.3 is 5.97 Å². The van der Waals surface area contributed by atoms with Crippen molar-refractivity contribution in [2.45, 2.75) is 26.8 Å². The van der Waals surface area contributed by atoms with Gasteiger partial charge in [-0.3, -0.25) is 9.69 Å². The van der Waals surface area contributed by atoms with E-state index in [9.17, 15) is 9.59 Å². The van der Waals surface area contributed by atoms with Gasteiger partial charge in [-0.1, -0.05) is 0 Å². The molecule has 1 fully saturated rings. The van der Waals surface area contributed by atoms with Crippen LogP contribution in [-0.4, -0.2) is 69.6 Å². The van der Waals surface area contributed by atoms with Gasteiger partial charge in [-0.15, -0.1) is 0 Å². The summed E-state index contributed by atoms with van der Waals surface area (Å²) in [5, 5.41) is 4.43. The Kier molecular flexibility index (Phi) is 5.54. The van der Waals surface area contributed by atoms with Gasteiger partial charge in [0.15, 0.2) is 5.65 Å². The number of nitrogens with zero attached hydrogens (tertiary/aromatic N) is 5. The molecule has 0 spiro atoms. The molecule has 3 aromatic heterocycles. The van der Waals surface area contributed by atoms with Crippen LogP contribution in [0.2, 0.25) is 0 Å². The molecule has 0 saturated carbocycles. The number of amides is 1. The van der Waals surface area contributed by atoms with E-state index in [1.165, 1.54) is 7.11 Å². The Balaban J connectivity index is 1.42. The molecule has 0 bridgehead atoms. The molecule has 3 aromatic rings. The van der Waals surface area contributed by atoms with Crippen LogP contribution in [0.4, 0.5) is 0 Å². The van der Waals surface area contributed by atoms with Crippen molar-refractivity contribution in [2.24, 2.45) is 0 Å². The molecule has 0 atom stereocenters. The molecule has 0 aromatic carbocycles. The van der Waals surface area contributed by atoms with E-state index in [2.05, 4.69) is 19.7 Å². The summed E-state index contributed by atoms with van der Waals surface area (Å²) < 4.78 is 12.0. The summed E-state index contributed by atoms with van der Waals surface area (Å²) in [6, 6.07) is 5.30. The van der Waals surface area contributed by atoms with Crippen LogP contribution in [0.25, 0.3) is 5.65 Å². The number of aromatic nitrogens is 3. The number of rotatable bonds is 4. The van der Waals surface area contributed by atoms with E-state index in [4.69, 9.17) is 4.42 Å². The monoisotopic (exact) mass is 411 g/mol. The van der Waals surface area contributed by atoms with E-state index < -0.39 is 5.97 Å². The zero-order valence-electron chi connectivity index (χ0n) is 17.4. The summed E-state index contributed by atoms with van der Waals surface area (Å²) >= 11 is 0. The summed E-state index contributed by atoms with van der Waals surface area (Å²) in [4.78, 5) is 33.2. The number of carbonyl (C=O) groups is 2. The first-order valence-electron chi connectivity index (χ1n) is 9.97. The van der Waals surface area contributed by atoms with E-state index in [1.54, 1.807) is 22.8 Å². The minimum atomic E-state index is -0.484. The van der Waals surface area contributed by atoms with Gasteiger partial charge < -0.3 is 14.1 Å². The number of hydrogen-bond donors (Lipinski definition) is 0. The second-order valence-corrected chi connectivity index (χ2v) is 7.49. The molecular formula is C21H25N5O4. The van der Waals surface area contributed by atoms with Gasteiger partial charge in [-0.2, -0.15) is 5.10 Å². The van der Waals surface area contributed by atoms with E-state index in [0.29, 0.717) is 31.0 Å². The fourth-order valence-electron chi connectivity index (χ4n) is 3.77. The van der Waals surface area contributed by atoms with Crippen LogP contribution in [0.15, 0.2) is 28.8 Å². The number of fused-ring (bicyclic) bond motifs is 1. The molecule has 9 heteroatoms. The lowest BCUT2D eigenvalue weighted by molar-refractivity contribution is 0.0560. The number of esters is 1. The normalized spacial score (nSPS) is 15.4. The van der Waals surface area contributed by atoms with E-state index in [-0.39, 0.29) is 11.7 Å². The SMILES string of the molecule is COC(=O)c1ccc(CN2CCCN(C(=O)c3cnc4cc(C)nn4c3C)CC2)o1. The zero-order valence-corrected chi connectivity index (χ0v) is 17.4. The van der Waals surface area contributed by atoms with Gasteiger partial charge in [0.25, 0.3) is 5.91 Å². The van der Waals surface area contributed by atoms with Gasteiger partial charge in [0.05, 0.1) is 30.6 Å². The van der Waals surface area contributed by atoms with Crippen molar-refractivity contribution in [1.29, 1.82) is 0 Å². The zero-order chi connectivity index (χ0) is 21.3. The van der Waals surface area contributed by atoms with Gasteiger partial charge in [0, 0.05) is 38.4 Å². The molecule has 1 aliphatic rings. The Labute approximate surface area is 174 Å². The van der Waals surface area contributed by atoms with Crippen LogP contribution >= 0.6 is 0 Å². The minimum absolute atomic E-state index is 0.0251. The fraction of sp³-hybridized carbons (Fsp3) is 0.429. The Morgan fingerprint density at radius 2 is 2.00 bits per heavy atom. The molecule has 1 amide bonds. The van der Waals surface area contributed by atoms with E-state index in [0.717, 1.165) is 36.5 Å². The summed E-state index contributed by atoms with van der Waals surface area (Å²) in [7, 11) is 1.33. The third-order valence-electron chi connectivity index (χ3n) is 5.38. The van der Waals surface area contributed by atoms with E-state index in [1.807, 2.05) is 24.8 Å². The maximum absolute atomic E-state index is 13.2. The standard InChI is InChI=1S/C21H25N5O4/c1-14-11-19-22-12-17(15(2)26(19)23-14)20(27)25-8-4-7-24(9-10-25)13-16-5-6-18(30-16)21(28)29-3/h5-6,11-12H,4,7-10,13H2,1-3H3. The minimum Gasteiger partial charge on any atom is -0.463 e. The Bertz CT molecular complexity index is 1090. The van der Waals surface area contributed by atoms with Crippen LogP contribution in [0.5, 0.6) is 0 Å². The molecule has 9 nitrogen and oxygen atoms in total. The van der Waals surface area contributed by atoms with Crippen LogP contribution in [0.3, 0.4) is 0 Å². The lowest BCUT2D eigenvalue weighted by Gasteiger charge is -2.22. The molecule has 158 valence electrons. The first kappa shape index (κ1) is 20.1. The van der Waals surface area contributed by atoms with Crippen molar-refractivity contribution in [2.75, 3.05) is 33.3 Å². The molecular weight excluding hydrogens is 386 g/mol. The van der Waals surface area contributed by atoms with Gasteiger partial charge in [-0.25, -0.2) is 14.3 Å². The van der Waals surface area contributed by atoms with E-state index >= 15 is 0 Å². The largest absolute Gasteiger partial charge is 0.463 e. The predicted octanol–water partition coefficient (Wildman–Crippen LogP) is 2.07. The van der Waals surface area contributed by atoms with Crippen molar-refractivity contribution in [3.63, 3.8) is 0 Å². The highest BCUT2D eigenvalue weighted by atomic mass is 16.5. The van der Waals surface area contributed by atoms with Gasteiger partial charge in [-0.05, 0) is 32.4 Å². The molecule has 0 unspecified atom stereocenters. The molecule has 4 heterocycles. The van der Waals surface area contributed by atoms with Crippen molar-refractivity contribution in [3.05, 3.63) is 52.9 Å². The van der Waals surface area contributed by atoms with Crippen LogP contribution in [0.1, 0.15) is 44.5 Å². The molecule has 30 heavy (non-hydrogen) atoms. The third kappa shape index (κ3) is 3.93. The summed E-state index contributed by atoms with van der Waals surface area (Å²) in [6.07, 6.45) is 2.50. The first-order chi connectivity index (χ1) is 14.5. The second kappa shape index (κ2) is 8.27. The highest BCUT2D eigenvalue weighted by molar-refractivity contribution is 5.95. The topological polar surface area (TPSA) is 93.2 Å². The van der Waals surface area contributed by atoms with Gasteiger partial charge in [0.1, 0.15) is 5.76 Å². The molecule has 0 aliphatic carbocycles. The van der Waals surface area contributed by atoms with Crippen LogP contribution in [-0.2, 0) is 11.3 Å². The van der Waals surface area contributed by atoms with Crippen LogP contribution < -0.4 is 0 Å². The van der Waals surface area contributed by atoms with Crippen molar-refractivity contribution in [3.8, 4) is 0 Å². The highest BCUT2D eigenvalue weighted by Gasteiger charge is 2.24. The maximum atomic E-state index is 13.2. The quantitative estimate of drug-likeness (QED) is 0.607. The molecule has 1 saturated heterocycles. The van der Waals surface area contributed by atoms with Crippen LogP contribution in [0, 0.1) is 13.8 Å². The summed E-state index contributed by atoms with van der Waals surface area (Å²) in [5.41, 5.74) is 2.99. The fourth-order valence-corrected chi connectivity index (χ4v) is 3.77. The number of methoxy groups -OCH3 is 1. The lowest BCUT2D eigenvalue weighted by atomic mass is 10.2. The third-order valence-corrected chi connectivity index (χ3v) is 5.38. The first-order valence-corrected chi connectivity index (χ1v) is 9.97. The molecule has 4 rings (SSSR count). The van der Waals surface area contributed by atoms with Crippen molar-refractivity contribution >= 4 is 17.5 Å².